The van der Waals surface area contributed by atoms with Gasteiger partial charge >= 0.3 is 0 Å². The Labute approximate surface area is 140 Å². The van der Waals surface area contributed by atoms with Gasteiger partial charge in [0.1, 0.15) is 5.69 Å². The lowest BCUT2D eigenvalue weighted by Gasteiger charge is -2.20. The fraction of sp³-hybridized carbons (Fsp3) is 0.222. The quantitative estimate of drug-likeness (QED) is 0.908. The van der Waals surface area contributed by atoms with Gasteiger partial charge in [-0.05, 0) is 51.1 Å². The van der Waals surface area contributed by atoms with Crippen molar-refractivity contribution < 1.29 is 9.59 Å². The predicted octanol–water partition coefficient (Wildman–Crippen LogP) is 2.73. The number of hydrogen-bond acceptors (Lipinski definition) is 4. The predicted molar refractivity (Wildman–Crippen MR) is 90.6 cm³/mol. The summed E-state index contributed by atoms with van der Waals surface area (Å²) in [6.45, 7) is 5.63. The average molecular weight is 322 g/mol. The molecule has 2 aromatic rings. The van der Waals surface area contributed by atoms with Crippen molar-refractivity contribution in [2.24, 2.45) is 0 Å². The lowest BCUT2D eigenvalue weighted by atomic mass is 10.1. The first kappa shape index (κ1) is 17.2. The first-order chi connectivity index (χ1) is 11.3. The molecule has 6 nitrogen and oxygen atoms in total. The van der Waals surface area contributed by atoms with E-state index >= 15 is 0 Å². The molecule has 0 aliphatic rings. The van der Waals surface area contributed by atoms with Crippen LogP contribution in [0.25, 0.3) is 0 Å². The summed E-state index contributed by atoms with van der Waals surface area (Å²) in [5, 5.41) is 14.4. The molecule has 122 valence electrons. The summed E-state index contributed by atoms with van der Waals surface area (Å²) in [6.07, 6.45) is 1.41. The Morgan fingerprint density at radius 3 is 2.54 bits per heavy atom. The third-order valence-electron chi connectivity index (χ3n) is 2.99. The molecule has 2 amide bonds. The maximum Gasteiger partial charge on any atom is 0.274 e. The maximum atomic E-state index is 12.3. The van der Waals surface area contributed by atoms with Crippen LogP contribution >= 0.6 is 0 Å². The first-order valence-electron chi connectivity index (χ1n) is 7.38. The third kappa shape index (κ3) is 4.65. The maximum absolute atomic E-state index is 12.3. The van der Waals surface area contributed by atoms with E-state index < -0.39 is 5.91 Å². The topological polar surface area (TPSA) is 94.9 Å². The van der Waals surface area contributed by atoms with Crippen molar-refractivity contribution in [3.63, 3.8) is 0 Å². The summed E-state index contributed by atoms with van der Waals surface area (Å²) < 4.78 is 0. The van der Waals surface area contributed by atoms with E-state index in [1.54, 1.807) is 30.3 Å². The molecular formula is C18H18N4O2. The minimum Gasteiger partial charge on any atom is -0.347 e. The Balaban J connectivity index is 2.17. The van der Waals surface area contributed by atoms with Gasteiger partial charge < -0.3 is 10.6 Å². The van der Waals surface area contributed by atoms with E-state index in [0.717, 1.165) is 0 Å². The van der Waals surface area contributed by atoms with Gasteiger partial charge in [-0.2, -0.15) is 5.26 Å². The second-order valence-corrected chi connectivity index (χ2v) is 6.28. The van der Waals surface area contributed by atoms with Gasteiger partial charge in [0.25, 0.3) is 11.8 Å². The molecule has 0 atom stereocenters. The van der Waals surface area contributed by atoms with Crippen molar-refractivity contribution in [3.8, 4) is 6.07 Å². The van der Waals surface area contributed by atoms with E-state index in [4.69, 9.17) is 5.26 Å². The molecule has 0 saturated heterocycles. The highest BCUT2D eigenvalue weighted by Gasteiger charge is 2.17. The number of anilines is 1. The van der Waals surface area contributed by atoms with Crippen molar-refractivity contribution in [3.05, 3.63) is 59.4 Å². The van der Waals surface area contributed by atoms with Crippen LogP contribution in [-0.2, 0) is 0 Å². The molecule has 0 aliphatic heterocycles. The summed E-state index contributed by atoms with van der Waals surface area (Å²) in [5.74, 6) is -0.721. The fourth-order valence-corrected chi connectivity index (χ4v) is 1.97. The van der Waals surface area contributed by atoms with Gasteiger partial charge in [0, 0.05) is 23.0 Å². The summed E-state index contributed by atoms with van der Waals surface area (Å²) in [5.41, 5.74) is 1.04. The van der Waals surface area contributed by atoms with Gasteiger partial charge in [0.2, 0.25) is 0 Å². The van der Waals surface area contributed by atoms with Crippen molar-refractivity contribution in [1.29, 1.82) is 5.26 Å². The minimum atomic E-state index is -0.449. The molecule has 0 fully saturated rings. The molecule has 1 heterocycles. The molecule has 0 bridgehead atoms. The first-order valence-corrected chi connectivity index (χ1v) is 7.38. The van der Waals surface area contributed by atoms with E-state index in [1.807, 2.05) is 26.8 Å². The normalized spacial score (nSPS) is 10.6. The van der Waals surface area contributed by atoms with Gasteiger partial charge in [0.05, 0.1) is 11.6 Å². The lowest BCUT2D eigenvalue weighted by molar-refractivity contribution is 0.0919. The summed E-state index contributed by atoms with van der Waals surface area (Å²) in [6, 6.07) is 11.5. The van der Waals surface area contributed by atoms with Crippen LogP contribution in [0.5, 0.6) is 0 Å². The van der Waals surface area contributed by atoms with Crippen molar-refractivity contribution in [2.45, 2.75) is 26.3 Å². The fourth-order valence-electron chi connectivity index (χ4n) is 1.97. The molecule has 1 aromatic carbocycles. The summed E-state index contributed by atoms with van der Waals surface area (Å²) >= 11 is 0. The number of hydrogen-bond donors (Lipinski definition) is 2. The molecule has 6 heteroatoms. The number of carbonyl (C=O) groups is 2. The van der Waals surface area contributed by atoms with E-state index in [-0.39, 0.29) is 17.1 Å². The minimum absolute atomic E-state index is 0.124. The van der Waals surface area contributed by atoms with Crippen LogP contribution in [-0.4, -0.2) is 22.3 Å². The number of rotatable bonds is 3. The van der Waals surface area contributed by atoms with Crippen LogP contribution in [0.15, 0.2) is 42.6 Å². The monoisotopic (exact) mass is 322 g/mol. The average Bonchev–Trinajstić information content (AvgIpc) is 2.53. The van der Waals surface area contributed by atoms with Crippen LogP contribution in [0.3, 0.4) is 0 Å². The number of nitrogens with one attached hydrogen (secondary N) is 2. The Kier molecular flexibility index (Phi) is 4.95. The van der Waals surface area contributed by atoms with Gasteiger partial charge in [0.15, 0.2) is 0 Å². The number of aromatic nitrogens is 1. The van der Waals surface area contributed by atoms with Crippen molar-refractivity contribution >= 4 is 17.5 Å². The molecular weight excluding hydrogens is 304 g/mol. The van der Waals surface area contributed by atoms with Crippen LogP contribution in [0.2, 0.25) is 0 Å². The van der Waals surface area contributed by atoms with Gasteiger partial charge in [-0.25, -0.2) is 0 Å². The molecule has 0 unspecified atom stereocenters. The number of nitriles is 1. The number of amides is 2. The second kappa shape index (κ2) is 6.92. The zero-order valence-corrected chi connectivity index (χ0v) is 13.8. The van der Waals surface area contributed by atoms with Crippen LogP contribution in [0.4, 0.5) is 5.69 Å². The number of pyridine rings is 1. The zero-order valence-electron chi connectivity index (χ0n) is 13.8. The van der Waals surface area contributed by atoms with E-state index in [9.17, 15) is 9.59 Å². The Bertz CT molecular complexity index is 816. The molecule has 24 heavy (non-hydrogen) atoms. The number of carbonyl (C=O) groups excluding carboxylic acids is 2. The Hall–Kier alpha value is -3.20. The molecule has 0 saturated carbocycles. The Morgan fingerprint density at radius 1 is 1.12 bits per heavy atom. The van der Waals surface area contributed by atoms with E-state index in [2.05, 4.69) is 15.6 Å². The summed E-state index contributed by atoms with van der Waals surface area (Å²) in [7, 11) is 0. The van der Waals surface area contributed by atoms with E-state index in [0.29, 0.717) is 16.8 Å². The number of nitrogens with zero attached hydrogens (tertiary/aromatic N) is 2. The highest BCUT2D eigenvalue weighted by molar-refractivity contribution is 6.04. The van der Waals surface area contributed by atoms with Crippen molar-refractivity contribution in [2.75, 3.05) is 5.32 Å². The SMILES string of the molecule is CC(C)(C)NC(=O)c1ccnc(C(=O)Nc2cccc(C#N)c2)c1. The smallest absolute Gasteiger partial charge is 0.274 e. The van der Waals surface area contributed by atoms with Crippen LogP contribution in [0.1, 0.15) is 47.2 Å². The molecule has 2 rings (SSSR count). The second-order valence-electron chi connectivity index (χ2n) is 6.28. The number of benzene rings is 1. The standard InChI is InChI=1S/C18H18N4O2/c1-18(2,3)22-16(23)13-7-8-20-15(10-13)17(24)21-14-6-4-5-12(9-14)11-19/h4-10H,1-3H3,(H,21,24)(H,22,23). The van der Waals surface area contributed by atoms with Crippen molar-refractivity contribution in [1.82, 2.24) is 10.3 Å². The van der Waals surface area contributed by atoms with Gasteiger partial charge in [-0.3, -0.25) is 14.6 Å². The van der Waals surface area contributed by atoms with E-state index in [1.165, 1.54) is 12.3 Å². The molecule has 2 N–H and O–H groups in total. The highest BCUT2D eigenvalue weighted by Crippen LogP contribution is 2.12. The molecule has 0 radical (unpaired) electrons. The highest BCUT2D eigenvalue weighted by atomic mass is 16.2. The zero-order chi connectivity index (χ0) is 17.7. The largest absolute Gasteiger partial charge is 0.347 e. The Morgan fingerprint density at radius 2 is 1.88 bits per heavy atom. The molecule has 1 aromatic heterocycles. The molecule has 0 aliphatic carbocycles. The van der Waals surface area contributed by atoms with Gasteiger partial charge in [-0.15, -0.1) is 0 Å². The third-order valence-corrected chi connectivity index (χ3v) is 2.99. The van der Waals surface area contributed by atoms with Gasteiger partial charge in [-0.1, -0.05) is 6.07 Å². The summed E-state index contributed by atoms with van der Waals surface area (Å²) in [4.78, 5) is 28.5. The molecule has 0 spiro atoms. The van der Waals surface area contributed by atoms with Crippen LogP contribution in [0, 0.1) is 11.3 Å². The van der Waals surface area contributed by atoms with Crippen LogP contribution < -0.4 is 10.6 Å². The lowest BCUT2D eigenvalue weighted by Crippen LogP contribution is -2.40.